The minimum Gasteiger partial charge on any atom is -0.282 e. The maximum Gasteiger partial charge on any atom is 0.350 e. The topological polar surface area (TPSA) is 98.0 Å². The summed E-state index contributed by atoms with van der Waals surface area (Å²) in [7, 11) is 0. The molecule has 1 aromatic heterocycles. The van der Waals surface area contributed by atoms with Gasteiger partial charge in [-0.1, -0.05) is 60.7 Å². The molecule has 0 saturated carbocycles. The number of nitrogens with one attached hydrogen (secondary N) is 1. The van der Waals surface area contributed by atoms with Crippen LogP contribution in [0.15, 0.2) is 76.4 Å². The molecule has 0 aliphatic rings. The molecule has 120 valence electrons. The maximum atomic E-state index is 12.3. The quantitative estimate of drug-likeness (QED) is 0.587. The number of aromatic nitrogens is 2. The van der Waals surface area contributed by atoms with Crippen LogP contribution in [0.1, 0.15) is 17.2 Å². The van der Waals surface area contributed by atoms with Crippen LogP contribution >= 0.6 is 0 Å². The van der Waals surface area contributed by atoms with Gasteiger partial charge in [-0.05, 0) is 11.1 Å². The largest absolute Gasteiger partial charge is 0.350 e. The minimum atomic E-state index is -1.01. The molecule has 0 atom stereocenters. The Morgan fingerprint density at radius 3 is 1.88 bits per heavy atom. The average molecular weight is 323 g/mol. The Hall–Kier alpha value is -3.48. The number of H-pyrrole nitrogens is 1. The van der Waals surface area contributed by atoms with Crippen LogP contribution in [0.4, 0.5) is 5.69 Å². The van der Waals surface area contributed by atoms with E-state index in [2.05, 4.69) is 0 Å². The highest BCUT2D eigenvalue weighted by molar-refractivity contribution is 5.34. The maximum absolute atomic E-state index is 12.3. The number of nitro groups is 1. The number of hydrogen-bond acceptors (Lipinski definition) is 4. The Balaban J connectivity index is 2.28. The third kappa shape index (κ3) is 2.87. The minimum absolute atomic E-state index is 0.588. The van der Waals surface area contributed by atoms with E-state index in [9.17, 15) is 19.7 Å². The van der Waals surface area contributed by atoms with Crippen molar-refractivity contribution in [1.82, 2.24) is 9.55 Å². The van der Waals surface area contributed by atoms with Gasteiger partial charge in [-0.15, -0.1) is 0 Å². The van der Waals surface area contributed by atoms with Gasteiger partial charge in [0.05, 0.1) is 17.2 Å². The van der Waals surface area contributed by atoms with E-state index in [1.165, 1.54) is 4.57 Å². The summed E-state index contributed by atoms with van der Waals surface area (Å²) in [5, 5.41) is 11.1. The standard InChI is InChI=1S/C17H13N3O4/c21-16-14(20(23)24)11-19(17(22)18-16)15(12-7-3-1-4-8-12)13-9-5-2-6-10-13/h1-11,15H,(H,18,21,22). The van der Waals surface area contributed by atoms with Crippen LogP contribution in [-0.2, 0) is 0 Å². The first-order valence-corrected chi connectivity index (χ1v) is 7.17. The van der Waals surface area contributed by atoms with E-state index in [0.29, 0.717) is 0 Å². The summed E-state index contributed by atoms with van der Waals surface area (Å²) < 4.78 is 1.17. The van der Waals surface area contributed by atoms with Gasteiger partial charge in [-0.3, -0.25) is 24.5 Å². The third-order valence-electron chi connectivity index (χ3n) is 3.65. The second kappa shape index (κ2) is 6.33. The van der Waals surface area contributed by atoms with E-state index in [1.54, 1.807) is 0 Å². The number of benzene rings is 2. The van der Waals surface area contributed by atoms with Gasteiger partial charge in [0, 0.05) is 0 Å². The summed E-state index contributed by atoms with van der Waals surface area (Å²) in [6, 6.07) is 17.6. The van der Waals surface area contributed by atoms with Gasteiger partial charge in [0.1, 0.15) is 0 Å². The number of hydrogen-bond donors (Lipinski definition) is 1. The second-order valence-electron chi connectivity index (χ2n) is 5.16. The molecule has 0 unspecified atom stereocenters. The van der Waals surface area contributed by atoms with Crippen molar-refractivity contribution in [3.8, 4) is 0 Å². The van der Waals surface area contributed by atoms with E-state index in [4.69, 9.17) is 0 Å². The van der Waals surface area contributed by atoms with Crippen molar-refractivity contribution in [2.75, 3.05) is 0 Å². The predicted octanol–water partition coefficient (Wildman–Crippen LogP) is 2.08. The van der Waals surface area contributed by atoms with Crippen molar-refractivity contribution in [2.24, 2.45) is 0 Å². The number of rotatable bonds is 4. The summed E-state index contributed by atoms with van der Waals surface area (Å²) in [6.45, 7) is 0. The highest BCUT2D eigenvalue weighted by atomic mass is 16.6. The zero-order valence-corrected chi connectivity index (χ0v) is 12.5. The summed E-state index contributed by atoms with van der Waals surface area (Å²) in [5.74, 6) is 0. The fraction of sp³-hybridized carbons (Fsp3) is 0.0588. The van der Waals surface area contributed by atoms with Crippen molar-refractivity contribution in [1.29, 1.82) is 0 Å². The lowest BCUT2D eigenvalue weighted by atomic mass is 9.98. The van der Waals surface area contributed by atoms with E-state index >= 15 is 0 Å². The molecular formula is C17H13N3O4. The molecule has 7 heteroatoms. The first-order valence-electron chi connectivity index (χ1n) is 7.17. The first kappa shape index (κ1) is 15.4. The second-order valence-corrected chi connectivity index (χ2v) is 5.16. The van der Waals surface area contributed by atoms with Crippen LogP contribution in [0.3, 0.4) is 0 Å². The molecule has 7 nitrogen and oxygen atoms in total. The third-order valence-corrected chi connectivity index (χ3v) is 3.65. The molecular weight excluding hydrogens is 310 g/mol. The molecule has 0 saturated heterocycles. The van der Waals surface area contributed by atoms with Crippen LogP contribution in [0.25, 0.3) is 0 Å². The van der Waals surface area contributed by atoms with Crippen molar-refractivity contribution in [3.63, 3.8) is 0 Å². The van der Waals surface area contributed by atoms with Crippen LogP contribution in [0, 0.1) is 10.1 Å². The molecule has 0 bridgehead atoms. The molecule has 24 heavy (non-hydrogen) atoms. The highest BCUT2D eigenvalue weighted by Crippen LogP contribution is 2.25. The molecule has 0 radical (unpaired) electrons. The molecule has 0 fully saturated rings. The van der Waals surface area contributed by atoms with Crippen molar-refractivity contribution in [2.45, 2.75) is 6.04 Å². The van der Waals surface area contributed by atoms with Crippen LogP contribution in [-0.4, -0.2) is 14.5 Å². The van der Waals surface area contributed by atoms with Gasteiger partial charge in [-0.25, -0.2) is 4.79 Å². The Kier molecular flexibility index (Phi) is 4.07. The zero-order chi connectivity index (χ0) is 17.1. The van der Waals surface area contributed by atoms with E-state index in [0.717, 1.165) is 17.3 Å². The molecule has 0 aliphatic heterocycles. The van der Waals surface area contributed by atoms with Crippen molar-refractivity contribution < 1.29 is 4.92 Å². The molecule has 1 N–H and O–H groups in total. The van der Waals surface area contributed by atoms with Crippen LogP contribution < -0.4 is 11.2 Å². The van der Waals surface area contributed by atoms with Gasteiger partial charge >= 0.3 is 16.9 Å². The van der Waals surface area contributed by atoms with Crippen LogP contribution in [0.2, 0.25) is 0 Å². The molecule has 0 amide bonds. The lowest BCUT2D eigenvalue weighted by Crippen LogP contribution is -2.34. The zero-order valence-electron chi connectivity index (χ0n) is 12.5. The van der Waals surface area contributed by atoms with Gasteiger partial charge in [0.2, 0.25) is 0 Å². The smallest absolute Gasteiger partial charge is 0.282 e. The molecule has 3 aromatic rings. The summed E-state index contributed by atoms with van der Waals surface area (Å²) >= 11 is 0. The summed E-state index contributed by atoms with van der Waals surface area (Å²) in [6.07, 6.45) is 0.992. The van der Waals surface area contributed by atoms with Gasteiger partial charge in [0.15, 0.2) is 0 Å². The van der Waals surface area contributed by atoms with E-state index < -0.39 is 27.9 Å². The van der Waals surface area contributed by atoms with E-state index in [-0.39, 0.29) is 0 Å². The summed E-state index contributed by atoms with van der Waals surface area (Å²) in [5.41, 5.74) is -0.852. The molecule has 1 heterocycles. The fourth-order valence-electron chi connectivity index (χ4n) is 2.58. The first-order chi connectivity index (χ1) is 11.6. The molecule has 3 rings (SSSR count). The average Bonchev–Trinajstić information content (AvgIpc) is 2.58. The summed E-state index contributed by atoms with van der Waals surface area (Å²) in [4.78, 5) is 36.2. The lowest BCUT2D eigenvalue weighted by Gasteiger charge is -2.20. The normalized spacial score (nSPS) is 10.7. The van der Waals surface area contributed by atoms with Crippen molar-refractivity contribution in [3.05, 3.63) is 109 Å². The Labute approximate surface area is 136 Å². The Bertz CT molecular complexity index is 938. The number of nitrogens with zero attached hydrogens (tertiary/aromatic N) is 2. The van der Waals surface area contributed by atoms with Crippen LogP contribution in [0.5, 0.6) is 0 Å². The molecule has 2 aromatic carbocycles. The van der Waals surface area contributed by atoms with Gasteiger partial charge in [0.25, 0.3) is 0 Å². The Morgan fingerprint density at radius 2 is 1.42 bits per heavy atom. The molecule has 0 spiro atoms. The van der Waals surface area contributed by atoms with Gasteiger partial charge < -0.3 is 0 Å². The Morgan fingerprint density at radius 1 is 0.917 bits per heavy atom. The van der Waals surface area contributed by atoms with Crippen molar-refractivity contribution >= 4 is 5.69 Å². The monoisotopic (exact) mass is 323 g/mol. The van der Waals surface area contributed by atoms with Gasteiger partial charge in [-0.2, -0.15) is 0 Å². The SMILES string of the molecule is O=c1[nH]c(=O)n(C(c2ccccc2)c2ccccc2)cc1[N+](=O)[O-]. The molecule has 0 aliphatic carbocycles. The fourth-order valence-corrected chi connectivity index (χ4v) is 2.58. The van der Waals surface area contributed by atoms with E-state index in [1.807, 2.05) is 65.6 Å². The predicted molar refractivity (Wildman–Crippen MR) is 88.1 cm³/mol. The number of aromatic amines is 1. The highest BCUT2D eigenvalue weighted by Gasteiger charge is 2.22. The lowest BCUT2D eigenvalue weighted by molar-refractivity contribution is -0.386.